The Morgan fingerprint density at radius 1 is 1.62 bits per heavy atom. The molecule has 1 rings (SSSR count). The van der Waals surface area contributed by atoms with E-state index in [-0.39, 0.29) is 0 Å². The van der Waals surface area contributed by atoms with Gasteiger partial charge in [0.05, 0.1) is 11.5 Å². The molecule has 0 bridgehead atoms. The highest BCUT2D eigenvalue weighted by atomic mass is 15.0. The molecule has 0 amide bonds. The van der Waals surface area contributed by atoms with Gasteiger partial charge in [-0.3, -0.25) is 4.99 Å². The Morgan fingerprint density at radius 2 is 2.38 bits per heavy atom. The fourth-order valence-corrected chi connectivity index (χ4v) is 0.904. The molecule has 0 atom stereocenters. The van der Waals surface area contributed by atoms with Gasteiger partial charge in [0, 0.05) is 13.6 Å². The standard InChI is InChI=1S/C9H14N4/c1-7(11-2)12-9-5-3-4-8(6-10)13-9/h3-5H,6,10H2,1-2H3,(H,11,12,13). The van der Waals surface area contributed by atoms with Crippen LogP contribution in [0.4, 0.5) is 5.82 Å². The Kier molecular flexibility index (Phi) is 3.40. The first-order valence-electron chi connectivity index (χ1n) is 4.12. The molecule has 1 heterocycles. The smallest absolute Gasteiger partial charge is 0.131 e. The summed E-state index contributed by atoms with van der Waals surface area (Å²) >= 11 is 0. The van der Waals surface area contributed by atoms with Gasteiger partial charge < -0.3 is 11.1 Å². The van der Waals surface area contributed by atoms with E-state index in [0.29, 0.717) is 6.54 Å². The van der Waals surface area contributed by atoms with Gasteiger partial charge in [-0.2, -0.15) is 0 Å². The number of hydrogen-bond donors (Lipinski definition) is 2. The maximum atomic E-state index is 5.46. The normalized spacial score (nSPS) is 11.5. The van der Waals surface area contributed by atoms with Gasteiger partial charge in [-0.15, -0.1) is 0 Å². The molecule has 0 aliphatic carbocycles. The van der Waals surface area contributed by atoms with Crippen LogP contribution in [0, 0.1) is 0 Å². The zero-order chi connectivity index (χ0) is 9.68. The minimum Gasteiger partial charge on any atom is -0.329 e. The highest BCUT2D eigenvalue weighted by molar-refractivity contribution is 5.92. The first-order chi connectivity index (χ1) is 6.26. The lowest BCUT2D eigenvalue weighted by molar-refractivity contribution is 0.994. The van der Waals surface area contributed by atoms with Gasteiger partial charge >= 0.3 is 0 Å². The van der Waals surface area contributed by atoms with E-state index in [0.717, 1.165) is 17.3 Å². The highest BCUT2D eigenvalue weighted by Crippen LogP contribution is 2.03. The van der Waals surface area contributed by atoms with Gasteiger partial charge in [0.25, 0.3) is 0 Å². The van der Waals surface area contributed by atoms with E-state index < -0.39 is 0 Å². The van der Waals surface area contributed by atoms with Gasteiger partial charge in [-0.05, 0) is 19.1 Å². The van der Waals surface area contributed by atoms with Crippen LogP contribution in [0.25, 0.3) is 0 Å². The zero-order valence-electron chi connectivity index (χ0n) is 7.91. The third-order valence-corrected chi connectivity index (χ3v) is 1.66. The van der Waals surface area contributed by atoms with Crippen LogP contribution < -0.4 is 11.1 Å². The maximum Gasteiger partial charge on any atom is 0.131 e. The van der Waals surface area contributed by atoms with Crippen molar-refractivity contribution < 1.29 is 0 Å². The van der Waals surface area contributed by atoms with Gasteiger partial charge in [-0.1, -0.05) is 6.07 Å². The summed E-state index contributed by atoms with van der Waals surface area (Å²) in [5.74, 6) is 1.62. The van der Waals surface area contributed by atoms with Crippen molar-refractivity contribution in [1.82, 2.24) is 4.98 Å². The topological polar surface area (TPSA) is 63.3 Å². The van der Waals surface area contributed by atoms with E-state index in [2.05, 4.69) is 15.3 Å². The number of pyridine rings is 1. The Bertz CT molecular complexity index is 306. The molecule has 1 aromatic heterocycles. The van der Waals surface area contributed by atoms with E-state index in [4.69, 9.17) is 5.73 Å². The van der Waals surface area contributed by atoms with Crippen LogP contribution in [0.2, 0.25) is 0 Å². The van der Waals surface area contributed by atoms with Crippen molar-refractivity contribution in [2.45, 2.75) is 13.5 Å². The lowest BCUT2D eigenvalue weighted by Gasteiger charge is -2.04. The minimum absolute atomic E-state index is 0.456. The van der Waals surface area contributed by atoms with Crippen LogP contribution in [-0.2, 0) is 6.54 Å². The SMILES string of the molecule is CN=C(C)Nc1cccc(CN)n1. The summed E-state index contributed by atoms with van der Waals surface area (Å²) in [6.45, 7) is 2.34. The van der Waals surface area contributed by atoms with Crippen molar-refractivity contribution in [2.24, 2.45) is 10.7 Å². The third-order valence-electron chi connectivity index (χ3n) is 1.66. The van der Waals surface area contributed by atoms with E-state index in [1.165, 1.54) is 0 Å². The van der Waals surface area contributed by atoms with Crippen LogP contribution in [0.3, 0.4) is 0 Å². The molecule has 3 N–H and O–H groups in total. The number of aliphatic imine (C=N–C) groups is 1. The van der Waals surface area contributed by atoms with E-state index in [1.807, 2.05) is 25.1 Å². The Morgan fingerprint density at radius 3 is 3.00 bits per heavy atom. The van der Waals surface area contributed by atoms with E-state index >= 15 is 0 Å². The Labute approximate surface area is 77.9 Å². The third kappa shape index (κ3) is 2.83. The number of hydrogen-bond acceptors (Lipinski definition) is 3. The molecule has 0 aliphatic rings. The lowest BCUT2D eigenvalue weighted by Crippen LogP contribution is -2.09. The van der Waals surface area contributed by atoms with Crippen LogP contribution in [-0.4, -0.2) is 17.9 Å². The molecular formula is C9H14N4. The van der Waals surface area contributed by atoms with Crippen LogP contribution >= 0.6 is 0 Å². The van der Waals surface area contributed by atoms with E-state index in [9.17, 15) is 0 Å². The average Bonchev–Trinajstić information content (AvgIpc) is 2.18. The molecule has 13 heavy (non-hydrogen) atoms. The average molecular weight is 178 g/mol. The predicted octanol–water partition coefficient (Wildman–Crippen LogP) is 1.00. The summed E-state index contributed by atoms with van der Waals surface area (Å²) < 4.78 is 0. The summed E-state index contributed by atoms with van der Waals surface area (Å²) in [5.41, 5.74) is 6.33. The molecule has 0 spiro atoms. The predicted molar refractivity (Wildman–Crippen MR) is 54.8 cm³/mol. The van der Waals surface area contributed by atoms with Crippen molar-refractivity contribution in [3.8, 4) is 0 Å². The molecule has 0 aliphatic heterocycles. The first-order valence-corrected chi connectivity index (χ1v) is 4.12. The summed E-state index contributed by atoms with van der Waals surface area (Å²) in [7, 11) is 1.73. The monoisotopic (exact) mass is 178 g/mol. The molecule has 1 aromatic rings. The van der Waals surface area contributed by atoms with Crippen LogP contribution in [0.15, 0.2) is 23.2 Å². The van der Waals surface area contributed by atoms with Crippen molar-refractivity contribution in [3.05, 3.63) is 23.9 Å². The summed E-state index contributed by atoms with van der Waals surface area (Å²) in [6.07, 6.45) is 0. The van der Waals surface area contributed by atoms with Gasteiger partial charge in [0.2, 0.25) is 0 Å². The summed E-state index contributed by atoms with van der Waals surface area (Å²) in [6, 6.07) is 5.69. The number of amidine groups is 1. The Hall–Kier alpha value is -1.42. The number of nitrogens with zero attached hydrogens (tertiary/aromatic N) is 2. The van der Waals surface area contributed by atoms with Crippen molar-refractivity contribution in [3.63, 3.8) is 0 Å². The fourth-order valence-electron chi connectivity index (χ4n) is 0.904. The highest BCUT2D eigenvalue weighted by Gasteiger charge is 1.95. The maximum absolute atomic E-state index is 5.46. The zero-order valence-corrected chi connectivity index (χ0v) is 7.91. The Balaban J connectivity index is 2.77. The molecule has 0 aromatic carbocycles. The minimum atomic E-state index is 0.456. The molecule has 0 fully saturated rings. The fraction of sp³-hybridized carbons (Fsp3) is 0.333. The van der Waals surface area contributed by atoms with Crippen molar-refractivity contribution >= 4 is 11.7 Å². The van der Waals surface area contributed by atoms with Crippen LogP contribution in [0.5, 0.6) is 0 Å². The summed E-state index contributed by atoms with van der Waals surface area (Å²) in [4.78, 5) is 8.24. The summed E-state index contributed by atoms with van der Waals surface area (Å²) in [5, 5.41) is 3.05. The van der Waals surface area contributed by atoms with Crippen LogP contribution in [0.1, 0.15) is 12.6 Å². The number of nitrogens with one attached hydrogen (secondary N) is 1. The number of nitrogens with two attached hydrogens (primary N) is 1. The molecule has 0 saturated heterocycles. The molecule has 70 valence electrons. The van der Waals surface area contributed by atoms with Crippen molar-refractivity contribution in [1.29, 1.82) is 0 Å². The lowest BCUT2D eigenvalue weighted by atomic mass is 10.3. The van der Waals surface area contributed by atoms with Crippen molar-refractivity contribution in [2.75, 3.05) is 12.4 Å². The molecule has 4 nitrogen and oxygen atoms in total. The quantitative estimate of drug-likeness (QED) is 0.524. The van der Waals surface area contributed by atoms with E-state index in [1.54, 1.807) is 7.05 Å². The second-order valence-electron chi connectivity index (χ2n) is 2.65. The first kappa shape index (κ1) is 9.67. The molecule has 4 heteroatoms. The number of aromatic nitrogens is 1. The second-order valence-corrected chi connectivity index (χ2v) is 2.65. The van der Waals surface area contributed by atoms with Gasteiger partial charge in [0.1, 0.15) is 5.82 Å². The second kappa shape index (κ2) is 4.57. The molecule has 0 radical (unpaired) electrons. The largest absolute Gasteiger partial charge is 0.329 e. The molecule has 0 saturated carbocycles. The molecule has 0 unspecified atom stereocenters. The van der Waals surface area contributed by atoms with Gasteiger partial charge in [0.15, 0.2) is 0 Å². The van der Waals surface area contributed by atoms with Gasteiger partial charge in [-0.25, -0.2) is 4.98 Å². The number of anilines is 1. The molecular weight excluding hydrogens is 164 g/mol. The number of rotatable bonds is 2.